The van der Waals surface area contributed by atoms with Crippen molar-refractivity contribution in [1.29, 1.82) is 0 Å². The van der Waals surface area contributed by atoms with Gasteiger partial charge in [0.1, 0.15) is 12.3 Å². The van der Waals surface area contributed by atoms with Gasteiger partial charge in [0.25, 0.3) is 0 Å². The summed E-state index contributed by atoms with van der Waals surface area (Å²) in [5, 5.41) is 9.84. The molecule has 1 aliphatic heterocycles. The molecule has 1 fully saturated rings. The van der Waals surface area contributed by atoms with E-state index in [0.717, 1.165) is 5.56 Å². The molecule has 0 aromatic carbocycles. The summed E-state index contributed by atoms with van der Waals surface area (Å²) in [5.41, 5.74) is 1.02. The van der Waals surface area contributed by atoms with Crippen molar-refractivity contribution in [1.82, 2.24) is 9.55 Å². The number of ether oxygens (including phenoxy) is 1. The summed E-state index contributed by atoms with van der Waals surface area (Å²) in [5.74, 6) is 0. The van der Waals surface area contributed by atoms with E-state index in [4.69, 9.17) is 9.63 Å². The fraction of sp³-hybridized carbons (Fsp3) is 0.636. The van der Waals surface area contributed by atoms with Gasteiger partial charge in [0.05, 0.1) is 12.7 Å². The Morgan fingerprint density at radius 1 is 1.57 bits per heavy atom. The molecule has 0 spiro atoms. The third-order valence-corrected chi connectivity index (χ3v) is 3.69. The van der Waals surface area contributed by atoms with Gasteiger partial charge >= 0.3 is 13.9 Å². The topological polar surface area (TPSA) is 111 Å². The second kappa shape index (κ2) is 8.06. The number of aryl methyl sites for hydroxylation is 2. The second-order valence-corrected chi connectivity index (χ2v) is 5.53. The Balaban J connectivity index is 0.00000220. The van der Waals surface area contributed by atoms with Gasteiger partial charge in [-0.3, -0.25) is 9.13 Å². The number of hydrogen-bond acceptors (Lipinski definition) is 6. The number of aromatic nitrogens is 2. The zero-order chi connectivity index (χ0) is 14.9. The van der Waals surface area contributed by atoms with Crippen LogP contribution in [0.1, 0.15) is 23.9 Å². The van der Waals surface area contributed by atoms with Crippen molar-refractivity contribution >= 4 is 8.25 Å². The van der Waals surface area contributed by atoms with Crippen LogP contribution in [-0.4, -0.2) is 38.4 Å². The largest absolute Gasteiger partial charge is 0.390 e. The average molecular weight is 393 g/mol. The molecule has 8 nitrogen and oxygen atoms in total. The number of nitrogens with zero attached hydrogens (tertiary/aromatic N) is 2. The molecular formula is C11H17N2O6PY. The van der Waals surface area contributed by atoms with Crippen LogP contribution in [-0.2, 0) is 46.5 Å². The van der Waals surface area contributed by atoms with Crippen LogP contribution in [0.25, 0.3) is 0 Å². The molecule has 10 heteroatoms. The van der Waals surface area contributed by atoms with E-state index in [2.05, 4.69) is 9.51 Å². The third kappa shape index (κ3) is 4.76. The molecule has 0 saturated carbocycles. The maximum atomic E-state index is 11.8. The fourth-order valence-electron chi connectivity index (χ4n) is 2.04. The maximum Gasteiger partial charge on any atom is 0.349 e. The molecule has 1 radical (unpaired) electrons. The molecule has 0 aliphatic carbocycles. The van der Waals surface area contributed by atoms with E-state index < -0.39 is 32.4 Å². The van der Waals surface area contributed by atoms with Crippen LogP contribution >= 0.6 is 8.25 Å². The fourth-order valence-corrected chi connectivity index (χ4v) is 2.35. The minimum absolute atomic E-state index is 0. The Morgan fingerprint density at radius 3 is 2.86 bits per heavy atom. The average Bonchev–Trinajstić information content (AvgIpc) is 2.72. The first-order valence-corrected chi connectivity index (χ1v) is 7.40. The molecule has 1 saturated heterocycles. The predicted octanol–water partition coefficient (Wildman–Crippen LogP) is -0.0954. The molecule has 4 atom stereocenters. The monoisotopic (exact) mass is 393 g/mol. The van der Waals surface area contributed by atoms with Crippen LogP contribution in [0.2, 0.25) is 0 Å². The summed E-state index contributed by atoms with van der Waals surface area (Å²) in [7, 11) is -3.07. The van der Waals surface area contributed by atoms with Crippen molar-refractivity contribution in [2.45, 2.75) is 38.7 Å². The molecule has 1 aromatic rings. The van der Waals surface area contributed by atoms with E-state index >= 15 is 0 Å². The van der Waals surface area contributed by atoms with Crippen LogP contribution in [0.3, 0.4) is 0 Å². The van der Waals surface area contributed by atoms with E-state index in [1.165, 1.54) is 4.57 Å². The smallest absolute Gasteiger partial charge is 0.349 e. The van der Waals surface area contributed by atoms with Crippen molar-refractivity contribution in [3.63, 3.8) is 0 Å². The summed E-state index contributed by atoms with van der Waals surface area (Å²) >= 11 is 0. The van der Waals surface area contributed by atoms with Crippen LogP contribution in [0, 0.1) is 13.8 Å². The molecule has 1 aromatic heterocycles. The van der Waals surface area contributed by atoms with Crippen molar-refractivity contribution < 1.29 is 56.5 Å². The van der Waals surface area contributed by atoms with Crippen molar-refractivity contribution in [3.05, 3.63) is 27.9 Å². The number of aliphatic hydroxyl groups excluding tert-OH is 1. The van der Waals surface area contributed by atoms with E-state index in [1.807, 2.05) is 6.92 Å². The standard InChI is InChI=1S/C11H17N2O6P.Y/c1-6-4-13(11(15)12-7(6)2)10-3-8(14)9(19-10)5-18-20(16)17;/h4,8-10,14,20H,3,5H2,1-2H3,(H,16,17);/t8-,9+,10?;/m0./s1. The minimum Gasteiger partial charge on any atom is -0.390 e. The van der Waals surface area contributed by atoms with Crippen molar-refractivity contribution in [2.24, 2.45) is 0 Å². The quantitative estimate of drug-likeness (QED) is 0.688. The minimum atomic E-state index is -3.07. The zero-order valence-corrected chi connectivity index (χ0v) is 15.6. The van der Waals surface area contributed by atoms with Gasteiger partial charge in [-0.1, -0.05) is 0 Å². The number of aliphatic hydroxyl groups is 1. The number of hydrogen-bond donors (Lipinski definition) is 2. The number of rotatable bonds is 4. The predicted molar refractivity (Wildman–Crippen MR) is 69.7 cm³/mol. The maximum absolute atomic E-state index is 11.8. The molecular weight excluding hydrogens is 376 g/mol. The van der Waals surface area contributed by atoms with Gasteiger partial charge in [-0.2, -0.15) is 4.98 Å². The molecule has 2 heterocycles. The zero-order valence-electron chi connectivity index (χ0n) is 11.7. The van der Waals surface area contributed by atoms with Gasteiger partial charge in [-0.05, 0) is 19.4 Å². The van der Waals surface area contributed by atoms with Gasteiger partial charge in [-0.15, -0.1) is 0 Å². The van der Waals surface area contributed by atoms with Crippen LogP contribution < -0.4 is 5.69 Å². The summed E-state index contributed by atoms with van der Waals surface area (Å²) in [6, 6.07) is 0. The molecule has 2 rings (SSSR count). The van der Waals surface area contributed by atoms with Gasteiger partial charge < -0.3 is 19.3 Å². The molecule has 2 unspecified atom stereocenters. The van der Waals surface area contributed by atoms with E-state index in [9.17, 15) is 14.5 Å². The Labute approximate surface area is 147 Å². The first kappa shape index (κ1) is 19.1. The second-order valence-electron chi connectivity index (χ2n) is 4.71. The van der Waals surface area contributed by atoms with E-state index in [0.29, 0.717) is 5.69 Å². The summed E-state index contributed by atoms with van der Waals surface area (Å²) in [4.78, 5) is 24.3. The van der Waals surface area contributed by atoms with Gasteiger partial charge in [0, 0.05) is 51.0 Å². The summed E-state index contributed by atoms with van der Waals surface area (Å²) in [6.45, 7) is 3.36. The van der Waals surface area contributed by atoms with Gasteiger partial charge in [-0.25, -0.2) is 4.79 Å². The van der Waals surface area contributed by atoms with E-state index in [1.54, 1.807) is 13.1 Å². The normalized spacial score (nSPS) is 26.4. The van der Waals surface area contributed by atoms with Gasteiger partial charge in [0.15, 0.2) is 0 Å². The Bertz CT molecular complexity index is 580. The van der Waals surface area contributed by atoms with Crippen LogP contribution in [0.5, 0.6) is 0 Å². The first-order chi connectivity index (χ1) is 9.38. The first-order valence-electron chi connectivity index (χ1n) is 6.14. The van der Waals surface area contributed by atoms with Crippen LogP contribution in [0.4, 0.5) is 0 Å². The van der Waals surface area contributed by atoms with Crippen LogP contribution in [0.15, 0.2) is 11.0 Å². The molecule has 0 amide bonds. The van der Waals surface area contributed by atoms with Crippen molar-refractivity contribution in [2.75, 3.05) is 6.61 Å². The molecule has 115 valence electrons. The summed E-state index contributed by atoms with van der Waals surface area (Å²) in [6.07, 6.45) is -0.437. The third-order valence-electron chi connectivity index (χ3n) is 3.27. The SMILES string of the molecule is Cc1cn(C2C[C@H](O)[C@@H](CO[PH](=O)O)O2)c(=O)nc1C.[Y]. The van der Waals surface area contributed by atoms with Crippen molar-refractivity contribution in [3.8, 4) is 0 Å². The summed E-state index contributed by atoms with van der Waals surface area (Å²) < 4.78 is 21.9. The van der Waals surface area contributed by atoms with Gasteiger partial charge in [0.2, 0.25) is 0 Å². The van der Waals surface area contributed by atoms with E-state index in [-0.39, 0.29) is 45.7 Å². The molecule has 1 aliphatic rings. The molecule has 21 heavy (non-hydrogen) atoms. The Hall–Kier alpha value is 0.0539. The Kier molecular flexibility index (Phi) is 7.33. The molecule has 0 bridgehead atoms. The Morgan fingerprint density at radius 2 is 2.24 bits per heavy atom. The molecule has 2 N–H and O–H groups in total.